The van der Waals surface area contributed by atoms with Gasteiger partial charge in [-0.3, -0.25) is 9.59 Å². The summed E-state index contributed by atoms with van der Waals surface area (Å²) >= 11 is 0. The van der Waals surface area contributed by atoms with E-state index in [4.69, 9.17) is 4.74 Å². The lowest BCUT2D eigenvalue weighted by Crippen LogP contribution is -2.45. The molecule has 1 aliphatic heterocycles. The average Bonchev–Trinajstić information content (AvgIpc) is 3.04. The first-order chi connectivity index (χ1) is 15.5. The first-order valence-corrected chi connectivity index (χ1v) is 11.1. The number of hydrogen-bond acceptors (Lipinski definition) is 4. The standard InChI is InChI=1S/C25H29N3O4/c1-17-8-12-20(13-9-17)28-24(30)22(27(25(28)31)19-6-4-3-5-7-19)16-23(29)26-18-10-14-21(32-2)15-11-18/h8-15,19,22H,3-7,16H2,1-2H3,(H,26,29)/t22-/m1/s1. The Kier molecular flexibility index (Phi) is 6.44. The van der Waals surface area contributed by atoms with Crippen LogP contribution >= 0.6 is 0 Å². The third-order valence-electron chi connectivity index (χ3n) is 6.27. The van der Waals surface area contributed by atoms with Crippen molar-refractivity contribution < 1.29 is 19.1 Å². The zero-order chi connectivity index (χ0) is 22.7. The number of nitrogens with zero attached hydrogens (tertiary/aromatic N) is 2. The van der Waals surface area contributed by atoms with E-state index in [2.05, 4.69) is 5.32 Å². The third kappa shape index (κ3) is 4.47. The van der Waals surface area contributed by atoms with Gasteiger partial charge in [-0.25, -0.2) is 9.69 Å². The normalized spacial score (nSPS) is 19.4. The smallest absolute Gasteiger partial charge is 0.332 e. The summed E-state index contributed by atoms with van der Waals surface area (Å²) < 4.78 is 5.14. The van der Waals surface area contributed by atoms with Crippen LogP contribution in [0.4, 0.5) is 16.2 Å². The van der Waals surface area contributed by atoms with E-state index in [1.807, 2.05) is 19.1 Å². The molecule has 32 heavy (non-hydrogen) atoms. The molecule has 0 radical (unpaired) electrons. The van der Waals surface area contributed by atoms with Crippen LogP contribution in [0.2, 0.25) is 0 Å². The van der Waals surface area contributed by atoms with Crippen molar-refractivity contribution in [3.63, 3.8) is 0 Å². The molecule has 2 aromatic carbocycles. The number of ether oxygens (including phenoxy) is 1. The Bertz CT molecular complexity index is 981. The molecule has 1 heterocycles. The van der Waals surface area contributed by atoms with Crippen molar-refractivity contribution in [2.75, 3.05) is 17.3 Å². The maximum Gasteiger partial charge on any atom is 0.332 e. The van der Waals surface area contributed by atoms with Gasteiger partial charge in [-0.2, -0.15) is 0 Å². The monoisotopic (exact) mass is 435 g/mol. The van der Waals surface area contributed by atoms with Gasteiger partial charge in [-0.05, 0) is 56.2 Å². The van der Waals surface area contributed by atoms with Crippen LogP contribution in [0.25, 0.3) is 0 Å². The fraction of sp³-hybridized carbons (Fsp3) is 0.400. The number of amides is 4. The Morgan fingerprint density at radius 2 is 1.66 bits per heavy atom. The van der Waals surface area contributed by atoms with Crippen molar-refractivity contribution in [2.24, 2.45) is 0 Å². The number of aryl methyl sites for hydroxylation is 1. The summed E-state index contributed by atoms with van der Waals surface area (Å²) in [5.74, 6) is 0.0546. The molecule has 1 atom stereocenters. The zero-order valence-electron chi connectivity index (χ0n) is 18.5. The molecule has 2 aliphatic rings. The maximum absolute atomic E-state index is 13.4. The first kappa shape index (κ1) is 21.9. The summed E-state index contributed by atoms with van der Waals surface area (Å²) in [6.45, 7) is 1.96. The summed E-state index contributed by atoms with van der Waals surface area (Å²) in [7, 11) is 1.58. The highest BCUT2D eigenvalue weighted by molar-refractivity contribution is 6.22. The Labute approximate surface area is 188 Å². The molecular weight excluding hydrogens is 406 g/mol. The molecule has 4 amide bonds. The Morgan fingerprint density at radius 1 is 1.00 bits per heavy atom. The summed E-state index contributed by atoms with van der Waals surface area (Å²) in [4.78, 5) is 42.5. The molecule has 7 nitrogen and oxygen atoms in total. The summed E-state index contributed by atoms with van der Waals surface area (Å²) in [6, 6.07) is 13.2. The van der Waals surface area contributed by atoms with E-state index in [1.165, 1.54) is 4.90 Å². The lowest BCUT2D eigenvalue weighted by molar-refractivity contribution is -0.125. The van der Waals surface area contributed by atoms with Crippen molar-refractivity contribution in [3.05, 3.63) is 54.1 Å². The summed E-state index contributed by atoms with van der Waals surface area (Å²) in [6.07, 6.45) is 4.83. The quantitative estimate of drug-likeness (QED) is 0.678. The van der Waals surface area contributed by atoms with Crippen LogP contribution < -0.4 is 15.0 Å². The molecule has 1 saturated carbocycles. The van der Waals surface area contributed by atoms with Gasteiger partial charge in [0.2, 0.25) is 5.91 Å². The molecule has 1 N–H and O–H groups in total. The number of imide groups is 1. The molecule has 0 aromatic heterocycles. The number of hydrogen-bond donors (Lipinski definition) is 1. The minimum atomic E-state index is -0.801. The van der Waals surface area contributed by atoms with Gasteiger partial charge in [0.05, 0.1) is 19.2 Å². The average molecular weight is 436 g/mol. The number of carbonyl (C=O) groups excluding carboxylic acids is 3. The Morgan fingerprint density at radius 3 is 2.28 bits per heavy atom. The number of benzene rings is 2. The molecule has 0 bridgehead atoms. The summed E-state index contributed by atoms with van der Waals surface area (Å²) in [5, 5.41) is 2.84. The van der Waals surface area contributed by atoms with Gasteiger partial charge in [-0.15, -0.1) is 0 Å². The minimum Gasteiger partial charge on any atom is -0.497 e. The summed E-state index contributed by atoms with van der Waals surface area (Å²) in [5.41, 5.74) is 2.21. The van der Waals surface area contributed by atoms with Crippen molar-refractivity contribution in [1.29, 1.82) is 0 Å². The first-order valence-electron chi connectivity index (χ1n) is 11.1. The predicted octanol–water partition coefficient (Wildman–Crippen LogP) is 4.50. The number of carbonyl (C=O) groups is 3. The van der Waals surface area contributed by atoms with E-state index in [9.17, 15) is 14.4 Å². The van der Waals surface area contributed by atoms with E-state index in [-0.39, 0.29) is 30.3 Å². The molecule has 0 unspecified atom stereocenters. The van der Waals surface area contributed by atoms with Crippen LogP contribution in [0.3, 0.4) is 0 Å². The number of urea groups is 1. The van der Waals surface area contributed by atoms with Crippen LogP contribution in [0.5, 0.6) is 5.75 Å². The molecule has 2 aromatic rings. The second-order valence-corrected chi connectivity index (χ2v) is 8.49. The Balaban J connectivity index is 1.56. The molecular formula is C25H29N3O4. The van der Waals surface area contributed by atoms with Gasteiger partial charge in [0.1, 0.15) is 11.8 Å². The van der Waals surface area contributed by atoms with Gasteiger partial charge < -0.3 is 15.0 Å². The lowest BCUT2D eigenvalue weighted by Gasteiger charge is -2.33. The second kappa shape index (κ2) is 9.42. The fourth-order valence-corrected chi connectivity index (χ4v) is 4.56. The van der Waals surface area contributed by atoms with Crippen LogP contribution in [0, 0.1) is 6.92 Å². The topological polar surface area (TPSA) is 79.0 Å². The van der Waals surface area contributed by atoms with Gasteiger partial charge >= 0.3 is 6.03 Å². The highest BCUT2D eigenvalue weighted by Gasteiger charge is 2.49. The van der Waals surface area contributed by atoms with Crippen molar-refractivity contribution >= 4 is 29.2 Å². The number of nitrogens with one attached hydrogen (secondary N) is 1. The predicted molar refractivity (Wildman–Crippen MR) is 123 cm³/mol. The molecule has 1 aliphatic carbocycles. The maximum atomic E-state index is 13.4. The van der Waals surface area contributed by atoms with Crippen molar-refractivity contribution in [3.8, 4) is 5.75 Å². The van der Waals surface area contributed by atoms with E-state index in [0.717, 1.165) is 37.7 Å². The largest absolute Gasteiger partial charge is 0.497 e. The molecule has 7 heteroatoms. The number of rotatable bonds is 6. The molecule has 168 valence electrons. The van der Waals surface area contributed by atoms with Gasteiger partial charge in [0.25, 0.3) is 5.91 Å². The number of anilines is 2. The SMILES string of the molecule is COc1ccc(NC(=O)C[C@@H]2C(=O)N(c3ccc(C)cc3)C(=O)N2C2CCCCC2)cc1. The van der Waals surface area contributed by atoms with E-state index < -0.39 is 6.04 Å². The van der Waals surface area contributed by atoms with Crippen LogP contribution in [-0.2, 0) is 9.59 Å². The molecule has 2 fully saturated rings. The van der Waals surface area contributed by atoms with Crippen LogP contribution in [0.1, 0.15) is 44.1 Å². The van der Waals surface area contributed by atoms with E-state index in [1.54, 1.807) is 48.4 Å². The highest BCUT2D eigenvalue weighted by atomic mass is 16.5. The number of methoxy groups -OCH3 is 1. The van der Waals surface area contributed by atoms with Gasteiger partial charge in [-0.1, -0.05) is 37.0 Å². The van der Waals surface area contributed by atoms with Gasteiger partial charge in [0, 0.05) is 11.7 Å². The van der Waals surface area contributed by atoms with Gasteiger partial charge in [0.15, 0.2) is 0 Å². The zero-order valence-corrected chi connectivity index (χ0v) is 18.5. The van der Waals surface area contributed by atoms with Crippen LogP contribution in [0.15, 0.2) is 48.5 Å². The molecule has 0 spiro atoms. The molecule has 1 saturated heterocycles. The molecule has 4 rings (SSSR count). The van der Waals surface area contributed by atoms with Crippen LogP contribution in [-0.4, -0.2) is 41.9 Å². The second-order valence-electron chi connectivity index (χ2n) is 8.49. The Hall–Kier alpha value is -3.35. The van der Waals surface area contributed by atoms with E-state index in [0.29, 0.717) is 17.1 Å². The van der Waals surface area contributed by atoms with Crippen molar-refractivity contribution in [1.82, 2.24) is 4.90 Å². The van der Waals surface area contributed by atoms with Crippen molar-refractivity contribution in [2.45, 2.75) is 57.5 Å². The lowest BCUT2D eigenvalue weighted by atomic mass is 9.93. The minimum absolute atomic E-state index is 0.0190. The van der Waals surface area contributed by atoms with E-state index >= 15 is 0 Å². The third-order valence-corrected chi connectivity index (χ3v) is 6.27. The highest BCUT2D eigenvalue weighted by Crippen LogP contribution is 2.33. The fourth-order valence-electron chi connectivity index (χ4n) is 4.56.